The summed E-state index contributed by atoms with van der Waals surface area (Å²) in [4.78, 5) is 23.8. The first-order valence-electron chi connectivity index (χ1n) is 8.41. The fourth-order valence-corrected chi connectivity index (χ4v) is 2.85. The van der Waals surface area contributed by atoms with Crippen LogP contribution in [-0.4, -0.2) is 25.1 Å². The van der Waals surface area contributed by atoms with Gasteiger partial charge in [-0.05, 0) is 60.5 Å². The molecule has 1 aliphatic heterocycles. The van der Waals surface area contributed by atoms with Crippen LogP contribution in [0.15, 0.2) is 48.0 Å². The summed E-state index contributed by atoms with van der Waals surface area (Å²) in [7, 11) is 1.30. The number of anilines is 1. The molecule has 6 nitrogen and oxygen atoms in total. The summed E-state index contributed by atoms with van der Waals surface area (Å²) >= 11 is 0. The predicted octanol–water partition coefficient (Wildman–Crippen LogP) is 3.34. The van der Waals surface area contributed by atoms with E-state index in [1.165, 1.54) is 7.11 Å². The second-order valence-corrected chi connectivity index (χ2v) is 6.19. The van der Waals surface area contributed by atoms with Gasteiger partial charge in [0.25, 0.3) is 5.91 Å². The fraction of sp³-hybridized carbons (Fsp3) is 0.190. The smallest absolute Gasteiger partial charge is 0.337 e. The van der Waals surface area contributed by atoms with Crippen molar-refractivity contribution in [3.63, 3.8) is 0 Å². The van der Waals surface area contributed by atoms with Gasteiger partial charge in [0.15, 0.2) is 0 Å². The number of esters is 1. The van der Waals surface area contributed by atoms with Crippen LogP contribution in [0.1, 0.15) is 28.4 Å². The quantitative estimate of drug-likeness (QED) is 0.512. The van der Waals surface area contributed by atoms with Gasteiger partial charge in [-0.25, -0.2) is 4.79 Å². The highest BCUT2D eigenvalue weighted by Gasteiger charge is 2.19. The molecule has 27 heavy (non-hydrogen) atoms. The number of nitriles is 1. The lowest BCUT2D eigenvalue weighted by Gasteiger charge is -2.06. The highest BCUT2D eigenvalue weighted by Crippen LogP contribution is 2.30. The van der Waals surface area contributed by atoms with E-state index in [1.807, 2.05) is 31.2 Å². The Hall–Kier alpha value is -3.59. The lowest BCUT2D eigenvalue weighted by atomic mass is 10.0. The number of nitrogens with zero attached hydrogens (tertiary/aromatic N) is 1. The number of carbonyl (C=O) groups is 2. The Morgan fingerprint density at radius 2 is 2.00 bits per heavy atom. The Kier molecular flexibility index (Phi) is 5.23. The van der Waals surface area contributed by atoms with Crippen molar-refractivity contribution < 1.29 is 19.1 Å². The molecule has 1 heterocycles. The molecule has 0 radical (unpaired) electrons. The summed E-state index contributed by atoms with van der Waals surface area (Å²) in [5, 5.41) is 12.0. The minimum absolute atomic E-state index is 0.0149. The van der Waals surface area contributed by atoms with E-state index in [4.69, 9.17) is 4.74 Å². The van der Waals surface area contributed by atoms with Crippen LogP contribution in [0.5, 0.6) is 5.75 Å². The summed E-state index contributed by atoms with van der Waals surface area (Å²) < 4.78 is 10.3. The van der Waals surface area contributed by atoms with Crippen molar-refractivity contribution in [1.29, 1.82) is 5.26 Å². The molecule has 1 aliphatic rings. The molecule has 0 fully saturated rings. The molecule has 2 aromatic rings. The van der Waals surface area contributed by atoms with Crippen LogP contribution in [0, 0.1) is 11.3 Å². The van der Waals surface area contributed by atoms with E-state index in [0.717, 1.165) is 23.3 Å². The number of amides is 1. The third kappa shape index (κ3) is 4.15. The van der Waals surface area contributed by atoms with Crippen LogP contribution in [0.4, 0.5) is 5.69 Å². The Morgan fingerprint density at radius 3 is 2.67 bits per heavy atom. The third-order valence-corrected chi connectivity index (χ3v) is 4.16. The minimum atomic E-state index is -0.520. The van der Waals surface area contributed by atoms with Crippen LogP contribution >= 0.6 is 0 Å². The van der Waals surface area contributed by atoms with Gasteiger partial charge in [-0.15, -0.1) is 0 Å². The van der Waals surface area contributed by atoms with E-state index < -0.39 is 11.9 Å². The number of fused-ring (bicyclic) bond motifs is 1. The van der Waals surface area contributed by atoms with Crippen molar-refractivity contribution in [2.45, 2.75) is 19.4 Å². The standard InChI is InChI=1S/C21H18N2O4/c1-13-9-16-10-14(3-8-19(16)27-13)11-17(12-22)20(24)23-18-6-4-15(5-7-18)21(25)26-2/h3-8,10-11,13H,9H2,1-2H3,(H,23,24)/b17-11-/t13-/m1/s1. The van der Waals surface area contributed by atoms with Gasteiger partial charge in [0, 0.05) is 12.1 Å². The van der Waals surface area contributed by atoms with Crippen LogP contribution in [0.2, 0.25) is 0 Å². The highest BCUT2D eigenvalue weighted by atomic mass is 16.5. The van der Waals surface area contributed by atoms with Crippen molar-refractivity contribution >= 4 is 23.6 Å². The molecule has 2 aromatic carbocycles. The zero-order chi connectivity index (χ0) is 19.4. The van der Waals surface area contributed by atoms with Gasteiger partial charge >= 0.3 is 5.97 Å². The topological polar surface area (TPSA) is 88.4 Å². The largest absolute Gasteiger partial charge is 0.490 e. The number of rotatable bonds is 4. The van der Waals surface area contributed by atoms with Gasteiger partial charge in [-0.3, -0.25) is 4.79 Å². The summed E-state index contributed by atoms with van der Waals surface area (Å²) in [5.74, 6) is -0.137. The molecule has 1 atom stereocenters. The summed E-state index contributed by atoms with van der Waals surface area (Å²) in [6.07, 6.45) is 2.48. The van der Waals surface area contributed by atoms with Crippen molar-refractivity contribution in [3.05, 3.63) is 64.7 Å². The Bertz CT molecular complexity index is 955. The number of benzene rings is 2. The van der Waals surface area contributed by atoms with Crippen molar-refractivity contribution in [3.8, 4) is 11.8 Å². The zero-order valence-corrected chi connectivity index (χ0v) is 15.0. The zero-order valence-electron chi connectivity index (χ0n) is 15.0. The average Bonchev–Trinajstić information content (AvgIpc) is 3.05. The van der Waals surface area contributed by atoms with Crippen molar-refractivity contribution in [2.75, 3.05) is 12.4 Å². The van der Waals surface area contributed by atoms with E-state index in [0.29, 0.717) is 11.3 Å². The SMILES string of the molecule is COC(=O)c1ccc(NC(=O)/C(C#N)=C\c2ccc3c(c2)C[C@@H](C)O3)cc1. The fourth-order valence-electron chi connectivity index (χ4n) is 2.85. The van der Waals surface area contributed by atoms with Crippen LogP contribution in [0.3, 0.4) is 0 Å². The maximum Gasteiger partial charge on any atom is 0.337 e. The normalized spacial score (nSPS) is 15.3. The molecule has 0 bridgehead atoms. The van der Waals surface area contributed by atoms with E-state index in [2.05, 4.69) is 10.1 Å². The molecular weight excluding hydrogens is 344 g/mol. The molecule has 136 valence electrons. The molecule has 0 saturated heterocycles. The van der Waals surface area contributed by atoms with Gasteiger partial charge < -0.3 is 14.8 Å². The Labute approximate surface area is 157 Å². The van der Waals surface area contributed by atoms with Crippen molar-refractivity contribution in [2.24, 2.45) is 0 Å². The van der Waals surface area contributed by atoms with Gasteiger partial charge in [0.05, 0.1) is 12.7 Å². The minimum Gasteiger partial charge on any atom is -0.490 e. The second kappa shape index (κ2) is 7.75. The molecule has 0 saturated carbocycles. The van der Waals surface area contributed by atoms with Crippen LogP contribution < -0.4 is 10.1 Å². The molecule has 6 heteroatoms. The Balaban J connectivity index is 1.75. The van der Waals surface area contributed by atoms with E-state index in [1.54, 1.807) is 30.3 Å². The van der Waals surface area contributed by atoms with Crippen LogP contribution in [-0.2, 0) is 16.0 Å². The number of nitrogens with one attached hydrogen (secondary N) is 1. The molecule has 0 spiro atoms. The molecule has 3 rings (SSSR count). The van der Waals surface area contributed by atoms with E-state index in [9.17, 15) is 14.9 Å². The molecule has 1 N–H and O–H groups in total. The number of methoxy groups -OCH3 is 1. The number of hydrogen-bond donors (Lipinski definition) is 1. The third-order valence-electron chi connectivity index (χ3n) is 4.16. The van der Waals surface area contributed by atoms with E-state index in [-0.39, 0.29) is 11.7 Å². The second-order valence-electron chi connectivity index (χ2n) is 6.19. The predicted molar refractivity (Wildman–Crippen MR) is 100 cm³/mol. The summed E-state index contributed by atoms with van der Waals surface area (Å²) in [6.45, 7) is 2.00. The maximum absolute atomic E-state index is 12.4. The maximum atomic E-state index is 12.4. The van der Waals surface area contributed by atoms with Crippen LogP contribution in [0.25, 0.3) is 6.08 Å². The van der Waals surface area contributed by atoms with Gasteiger partial charge in [0.1, 0.15) is 23.5 Å². The molecular formula is C21H18N2O4. The summed E-state index contributed by atoms with van der Waals surface area (Å²) in [5.41, 5.74) is 2.66. The number of hydrogen-bond acceptors (Lipinski definition) is 5. The number of carbonyl (C=O) groups excluding carboxylic acids is 2. The van der Waals surface area contributed by atoms with Crippen molar-refractivity contribution in [1.82, 2.24) is 0 Å². The number of ether oxygens (including phenoxy) is 2. The summed E-state index contributed by atoms with van der Waals surface area (Å²) in [6, 6.07) is 13.8. The van der Waals surface area contributed by atoms with Gasteiger partial charge in [-0.1, -0.05) is 6.07 Å². The lowest BCUT2D eigenvalue weighted by molar-refractivity contribution is -0.112. The Morgan fingerprint density at radius 1 is 1.26 bits per heavy atom. The lowest BCUT2D eigenvalue weighted by Crippen LogP contribution is -2.13. The molecule has 0 aromatic heterocycles. The van der Waals surface area contributed by atoms with E-state index >= 15 is 0 Å². The molecule has 1 amide bonds. The molecule has 0 aliphatic carbocycles. The monoisotopic (exact) mass is 362 g/mol. The average molecular weight is 362 g/mol. The first-order chi connectivity index (χ1) is 13.0. The highest BCUT2D eigenvalue weighted by molar-refractivity contribution is 6.09. The first kappa shape index (κ1) is 18.2. The molecule has 0 unspecified atom stereocenters. The van der Waals surface area contributed by atoms with Gasteiger partial charge in [-0.2, -0.15) is 5.26 Å². The first-order valence-corrected chi connectivity index (χ1v) is 8.41. The van der Waals surface area contributed by atoms with Gasteiger partial charge in [0.2, 0.25) is 0 Å².